The van der Waals surface area contributed by atoms with E-state index in [1.807, 2.05) is 49.5 Å². The number of likely N-dealkylation sites (N-methyl/N-ethyl adjacent to an activating group) is 1. The van der Waals surface area contributed by atoms with E-state index < -0.39 is 5.91 Å². The molecule has 0 atom stereocenters. The summed E-state index contributed by atoms with van der Waals surface area (Å²) in [6, 6.07) is 8.10. The Morgan fingerprint density at radius 2 is 1.84 bits per heavy atom. The minimum absolute atomic E-state index is 0.363. The molecule has 156 valence electrons. The molecule has 0 aliphatic rings. The number of nitrogens with zero attached hydrogens (tertiary/aromatic N) is 4. The van der Waals surface area contributed by atoms with Gasteiger partial charge in [-0.05, 0) is 23.6 Å². The molecule has 0 spiro atoms. The van der Waals surface area contributed by atoms with E-state index in [1.54, 1.807) is 36.1 Å². The number of nitrogens with two attached hydrogens (primary N) is 1. The van der Waals surface area contributed by atoms with E-state index in [0.29, 0.717) is 17.1 Å². The Bertz CT molecular complexity index is 1330. The number of carbonyl (C=O) groups excluding carboxylic acids is 2. The first-order valence-corrected chi connectivity index (χ1v) is 10.4. The number of aryl methyl sites for hydroxylation is 1. The number of hydrogen-bond acceptors (Lipinski definition) is 6. The molecule has 0 unspecified atom stereocenters. The summed E-state index contributed by atoms with van der Waals surface area (Å²) in [5, 5.41) is 5.36. The molecule has 4 rings (SSSR count). The summed E-state index contributed by atoms with van der Waals surface area (Å²) in [7, 11) is 3.61. The Morgan fingerprint density at radius 3 is 2.48 bits per heavy atom. The van der Waals surface area contributed by atoms with E-state index in [4.69, 9.17) is 5.73 Å². The molecule has 0 fully saturated rings. The first-order valence-electron chi connectivity index (χ1n) is 9.60. The van der Waals surface area contributed by atoms with Gasteiger partial charge >= 0.3 is 0 Å². The number of primary amides is 1. The number of aromatic nitrogens is 3. The first-order chi connectivity index (χ1) is 14.9. The van der Waals surface area contributed by atoms with Gasteiger partial charge in [-0.3, -0.25) is 14.5 Å². The maximum atomic E-state index is 11.7. The third-order valence-corrected chi connectivity index (χ3v) is 6.44. The van der Waals surface area contributed by atoms with Crippen LogP contribution in [-0.4, -0.2) is 45.6 Å². The lowest BCUT2D eigenvalue weighted by atomic mass is 9.99. The van der Waals surface area contributed by atoms with E-state index >= 15 is 0 Å². The van der Waals surface area contributed by atoms with Crippen LogP contribution in [0.25, 0.3) is 32.3 Å². The maximum absolute atomic E-state index is 11.7. The number of hydrogen-bond donors (Lipinski definition) is 1. The molecular formula is C23H21N5O2S. The molecule has 2 N–H and O–H groups in total. The van der Waals surface area contributed by atoms with Crippen LogP contribution in [0.1, 0.15) is 15.2 Å². The van der Waals surface area contributed by atoms with E-state index in [-0.39, 0.29) is 0 Å². The Morgan fingerprint density at radius 1 is 1.13 bits per heavy atom. The van der Waals surface area contributed by atoms with Crippen LogP contribution < -0.4 is 5.73 Å². The lowest BCUT2D eigenvalue weighted by molar-refractivity contribution is 0.100. The van der Waals surface area contributed by atoms with Gasteiger partial charge in [0.05, 0.1) is 22.3 Å². The number of rotatable bonds is 6. The zero-order chi connectivity index (χ0) is 22.1. The molecule has 0 bridgehead atoms. The molecule has 7 nitrogen and oxygen atoms in total. The summed E-state index contributed by atoms with van der Waals surface area (Å²) in [6.45, 7) is 2.28. The van der Waals surface area contributed by atoms with Crippen molar-refractivity contribution in [1.82, 2.24) is 19.7 Å². The highest BCUT2D eigenvalue weighted by molar-refractivity contribution is 7.21. The van der Waals surface area contributed by atoms with Crippen molar-refractivity contribution in [1.29, 1.82) is 0 Å². The molecule has 1 amide bonds. The molecule has 31 heavy (non-hydrogen) atoms. The highest BCUT2D eigenvalue weighted by Crippen LogP contribution is 2.37. The van der Waals surface area contributed by atoms with Crippen LogP contribution in [0.4, 0.5) is 0 Å². The second kappa shape index (κ2) is 8.18. The third kappa shape index (κ3) is 3.86. The Hall–Kier alpha value is -3.74. The number of amides is 1. The second-order valence-electron chi connectivity index (χ2n) is 7.43. The van der Waals surface area contributed by atoms with Gasteiger partial charge in [0.25, 0.3) is 5.91 Å². The van der Waals surface area contributed by atoms with Crippen LogP contribution in [0.5, 0.6) is 0 Å². The summed E-state index contributed by atoms with van der Waals surface area (Å²) < 4.78 is 2.66. The Labute approximate surface area is 183 Å². The molecule has 3 aromatic heterocycles. The van der Waals surface area contributed by atoms with Gasteiger partial charge in [0.15, 0.2) is 0 Å². The third-order valence-electron chi connectivity index (χ3n) is 5.19. The number of benzene rings is 1. The molecule has 8 heteroatoms. The molecule has 0 saturated carbocycles. The standard InChI is InChI=1S/C23H21N5O2S/c1-14-21-19(9-25-10-20(21)31-22(14)23(24)30)16-6-4-15(5-7-16)17-8-26-28(11-17)12-18(13-29)27(2)3/h4-11H,12H2,1-3H3,(H2,24,30). The van der Waals surface area contributed by atoms with Gasteiger partial charge in [0.2, 0.25) is 0 Å². The number of thiophene rings is 1. The maximum Gasteiger partial charge on any atom is 0.259 e. The molecular weight excluding hydrogens is 410 g/mol. The topological polar surface area (TPSA) is 94.1 Å². The van der Waals surface area contributed by atoms with Crippen molar-refractivity contribution in [3.63, 3.8) is 0 Å². The second-order valence-corrected chi connectivity index (χ2v) is 8.48. The fraction of sp³-hybridized carbons (Fsp3) is 0.174. The molecule has 3 heterocycles. The summed E-state index contributed by atoms with van der Waals surface area (Å²) in [5.41, 5.74) is 10.9. The lowest BCUT2D eigenvalue weighted by Crippen LogP contribution is -2.17. The van der Waals surface area contributed by atoms with Crippen molar-refractivity contribution in [2.75, 3.05) is 14.1 Å². The average Bonchev–Trinajstić information content (AvgIpc) is 3.36. The number of pyridine rings is 1. The monoisotopic (exact) mass is 431 g/mol. The summed E-state index contributed by atoms with van der Waals surface area (Å²) in [4.78, 5) is 29.5. The molecule has 0 radical (unpaired) electrons. The van der Waals surface area contributed by atoms with E-state index in [9.17, 15) is 9.59 Å². The van der Waals surface area contributed by atoms with Crippen LogP contribution >= 0.6 is 11.3 Å². The van der Waals surface area contributed by atoms with Crippen molar-refractivity contribution < 1.29 is 9.59 Å². The van der Waals surface area contributed by atoms with E-state index in [0.717, 1.165) is 37.9 Å². The fourth-order valence-electron chi connectivity index (χ4n) is 3.52. The predicted molar refractivity (Wildman–Crippen MR) is 122 cm³/mol. The number of carbonyl (C=O) groups is 1. The van der Waals surface area contributed by atoms with Crippen LogP contribution in [0, 0.1) is 6.92 Å². The average molecular weight is 432 g/mol. The van der Waals surface area contributed by atoms with Crippen molar-refractivity contribution in [2.45, 2.75) is 13.5 Å². The first kappa shape index (κ1) is 20.5. The number of allylic oxidation sites excluding steroid dienone is 1. The van der Waals surface area contributed by atoms with Crippen LogP contribution in [0.15, 0.2) is 54.7 Å². The normalized spacial score (nSPS) is 10.8. The zero-order valence-electron chi connectivity index (χ0n) is 17.4. The molecule has 0 aliphatic heterocycles. The largest absolute Gasteiger partial charge is 0.371 e. The fourth-order valence-corrected chi connectivity index (χ4v) is 4.57. The SMILES string of the molecule is Cc1c(C(N)=O)sc2cncc(-c3ccc(-c4cnn(CC(=C=O)N(C)C)c4)cc3)c12. The molecule has 0 aliphatic carbocycles. The highest BCUT2D eigenvalue weighted by Gasteiger charge is 2.17. The van der Waals surface area contributed by atoms with Crippen LogP contribution in [0.2, 0.25) is 0 Å². The smallest absolute Gasteiger partial charge is 0.259 e. The van der Waals surface area contributed by atoms with Crippen LogP contribution in [0.3, 0.4) is 0 Å². The summed E-state index contributed by atoms with van der Waals surface area (Å²) in [5.74, 6) is 1.53. The quantitative estimate of drug-likeness (QED) is 0.472. The van der Waals surface area contributed by atoms with Gasteiger partial charge in [0.1, 0.15) is 11.6 Å². The predicted octanol–water partition coefficient (Wildman–Crippen LogP) is 3.51. The van der Waals surface area contributed by atoms with Gasteiger partial charge < -0.3 is 10.6 Å². The minimum Gasteiger partial charge on any atom is -0.371 e. The van der Waals surface area contributed by atoms with Crippen molar-refractivity contribution in [3.8, 4) is 22.3 Å². The molecule has 1 aromatic carbocycles. The van der Waals surface area contributed by atoms with Gasteiger partial charge in [-0.15, -0.1) is 11.3 Å². The van der Waals surface area contributed by atoms with E-state index in [2.05, 4.69) is 10.1 Å². The van der Waals surface area contributed by atoms with Gasteiger partial charge in [-0.25, -0.2) is 4.79 Å². The highest BCUT2D eigenvalue weighted by atomic mass is 32.1. The van der Waals surface area contributed by atoms with E-state index in [1.165, 1.54) is 11.3 Å². The minimum atomic E-state index is -0.418. The Kier molecular flexibility index (Phi) is 5.42. The van der Waals surface area contributed by atoms with Crippen molar-refractivity contribution in [3.05, 3.63) is 65.2 Å². The Balaban J connectivity index is 1.66. The lowest BCUT2D eigenvalue weighted by Gasteiger charge is -2.12. The van der Waals surface area contributed by atoms with Gasteiger partial charge in [-0.1, -0.05) is 24.3 Å². The van der Waals surface area contributed by atoms with Gasteiger partial charge in [0, 0.05) is 49.2 Å². The van der Waals surface area contributed by atoms with Crippen molar-refractivity contribution >= 4 is 33.3 Å². The summed E-state index contributed by atoms with van der Waals surface area (Å²) >= 11 is 1.37. The number of fused-ring (bicyclic) bond motifs is 1. The molecule has 4 aromatic rings. The molecule has 0 saturated heterocycles. The van der Waals surface area contributed by atoms with Gasteiger partial charge in [-0.2, -0.15) is 5.10 Å². The summed E-state index contributed by atoms with van der Waals surface area (Å²) in [6.07, 6.45) is 7.26. The zero-order valence-corrected chi connectivity index (χ0v) is 18.2. The van der Waals surface area contributed by atoms with Crippen LogP contribution in [-0.2, 0) is 11.3 Å². The van der Waals surface area contributed by atoms with Crippen molar-refractivity contribution in [2.24, 2.45) is 5.73 Å².